The lowest BCUT2D eigenvalue weighted by Gasteiger charge is -2.79. The third kappa shape index (κ3) is 1.36. The third-order valence-electron chi connectivity index (χ3n) is 9.01. The highest BCUT2D eigenvalue weighted by Crippen LogP contribution is 2.77. The SMILES string of the molecule is O[C@]12O[C@]34CCCC[C@@H]3C[C@]13CCC[C@H]2C[C@@H]1CCCC[C@]13O4. The molecule has 3 heteroatoms. The summed E-state index contributed by atoms with van der Waals surface area (Å²) in [5.41, 5.74) is -0.168. The Morgan fingerprint density at radius 1 is 0.739 bits per heavy atom. The Bertz CT molecular complexity index is 549. The molecule has 7 rings (SSSR count). The summed E-state index contributed by atoms with van der Waals surface area (Å²) in [6.07, 6.45) is 15.7. The number of aliphatic hydroxyl groups is 1. The maximum absolute atomic E-state index is 11.9. The van der Waals surface area contributed by atoms with Crippen molar-refractivity contribution in [1.82, 2.24) is 0 Å². The summed E-state index contributed by atoms with van der Waals surface area (Å²) in [4.78, 5) is 0. The molecular formula is C20H30O3. The molecule has 0 radical (unpaired) electrons. The van der Waals surface area contributed by atoms with Gasteiger partial charge in [-0.2, -0.15) is 0 Å². The summed E-state index contributed by atoms with van der Waals surface area (Å²) < 4.78 is 13.8. The minimum absolute atomic E-state index is 0.0665. The Hall–Kier alpha value is -0.120. The summed E-state index contributed by atoms with van der Waals surface area (Å²) in [5, 5.41) is 11.9. The lowest BCUT2D eigenvalue weighted by molar-refractivity contribution is -0.565. The maximum Gasteiger partial charge on any atom is 0.180 e. The summed E-state index contributed by atoms with van der Waals surface area (Å²) in [6, 6.07) is 0. The van der Waals surface area contributed by atoms with Gasteiger partial charge in [0, 0.05) is 18.3 Å². The minimum Gasteiger partial charge on any atom is -0.365 e. The van der Waals surface area contributed by atoms with Gasteiger partial charge in [-0.15, -0.1) is 0 Å². The van der Waals surface area contributed by atoms with Gasteiger partial charge in [0.05, 0.1) is 11.0 Å². The van der Waals surface area contributed by atoms with Crippen molar-refractivity contribution >= 4 is 0 Å². The van der Waals surface area contributed by atoms with Gasteiger partial charge in [0.25, 0.3) is 0 Å². The fourth-order valence-corrected chi connectivity index (χ4v) is 8.27. The molecule has 0 unspecified atom stereocenters. The van der Waals surface area contributed by atoms with Gasteiger partial charge in [0.2, 0.25) is 0 Å². The topological polar surface area (TPSA) is 38.7 Å². The normalized spacial score (nSPS) is 63.3. The van der Waals surface area contributed by atoms with Crippen molar-refractivity contribution < 1.29 is 14.6 Å². The van der Waals surface area contributed by atoms with Crippen LogP contribution in [0, 0.1) is 23.2 Å². The quantitative estimate of drug-likeness (QED) is 0.730. The first kappa shape index (κ1) is 14.1. The Balaban J connectivity index is 1.58. The number of hydrogen-bond donors (Lipinski definition) is 1. The second-order valence-corrected chi connectivity index (χ2v) is 9.60. The van der Waals surface area contributed by atoms with E-state index >= 15 is 0 Å². The molecular weight excluding hydrogens is 288 g/mol. The summed E-state index contributed by atoms with van der Waals surface area (Å²) in [5.74, 6) is 0.231. The van der Waals surface area contributed by atoms with Crippen LogP contribution >= 0.6 is 0 Å². The van der Waals surface area contributed by atoms with E-state index in [1.165, 1.54) is 57.8 Å². The van der Waals surface area contributed by atoms with E-state index in [-0.39, 0.29) is 11.0 Å². The number of hydrogen-bond acceptors (Lipinski definition) is 3. The second kappa shape index (κ2) is 4.16. The van der Waals surface area contributed by atoms with Crippen LogP contribution in [0.3, 0.4) is 0 Å². The zero-order chi connectivity index (χ0) is 15.3. The summed E-state index contributed by atoms with van der Waals surface area (Å²) >= 11 is 0. The molecule has 4 saturated carbocycles. The van der Waals surface area contributed by atoms with E-state index in [9.17, 15) is 5.11 Å². The largest absolute Gasteiger partial charge is 0.365 e. The van der Waals surface area contributed by atoms with Gasteiger partial charge in [-0.1, -0.05) is 25.7 Å². The molecule has 7 atom stereocenters. The molecule has 3 aliphatic heterocycles. The average Bonchev–Trinajstić information content (AvgIpc) is 2.52. The van der Waals surface area contributed by atoms with Crippen LogP contribution < -0.4 is 0 Å². The fourth-order valence-electron chi connectivity index (χ4n) is 8.27. The van der Waals surface area contributed by atoms with Gasteiger partial charge in [-0.05, 0) is 57.3 Å². The monoisotopic (exact) mass is 318 g/mol. The number of rotatable bonds is 0. The smallest absolute Gasteiger partial charge is 0.180 e. The first-order valence-corrected chi connectivity index (χ1v) is 10.3. The average molecular weight is 318 g/mol. The van der Waals surface area contributed by atoms with Gasteiger partial charge in [-0.3, -0.25) is 0 Å². The molecule has 23 heavy (non-hydrogen) atoms. The van der Waals surface area contributed by atoms with Gasteiger partial charge in [0.15, 0.2) is 11.6 Å². The molecule has 0 aromatic carbocycles. The predicted octanol–water partition coefficient (Wildman–Crippen LogP) is 4.13. The molecule has 128 valence electrons. The summed E-state index contributed by atoms with van der Waals surface area (Å²) in [7, 11) is 0. The van der Waals surface area contributed by atoms with Crippen molar-refractivity contribution in [2.75, 3.05) is 0 Å². The van der Waals surface area contributed by atoms with E-state index in [0.717, 1.165) is 25.7 Å². The first-order chi connectivity index (χ1) is 11.1. The predicted molar refractivity (Wildman–Crippen MR) is 85.5 cm³/mol. The highest BCUT2D eigenvalue weighted by Gasteiger charge is 2.82. The van der Waals surface area contributed by atoms with Gasteiger partial charge >= 0.3 is 0 Å². The van der Waals surface area contributed by atoms with Crippen LogP contribution in [-0.2, 0) is 9.47 Å². The van der Waals surface area contributed by atoms with Crippen LogP contribution in [0.15, 0.2) is 0 Å². The van der Waals surface area contributed by atoms with Crippen molar-refractivity contribution in [1.29, 1.82) is 0 Å². The lowest BCUT2D eigenvalue weighted by atomic mass is 9.40. The zero-order valence-corrected chi connectivity index (χ0v) is 14.2. The Kier molecular flexibility index (Phi) is 2.55. The molecule has 0 aromatic rings. The molecule has 3 saturated heterocycles. The van der Waals surface area contributed by atoms with Crippen LogP contribution in [-0.4, -0.2) is 22.3 Å². The van der Waals surface area contributed by atoms with Gasteiger partial charge in [0.1, 0.15) is 0 Å². The van der Waals surface area contributed by atoms with Crippen LogP contribution in [0.5, 0.6) is 0 Å². The third-order valence-corrected chi connectivity index (χ3v) is 9.01. The molecule has 3 nitrogen and oxygen atoms in total. The Morgan fingerprint density at radius 2 is 1.52 bits per heavy atom. The van der Waals surface area contributed by atoms with E-state index in [1.807, 2.05) is 0 Å². The van der Waals surface area contributed by atoms with Crippen molar-refractivity contribution in [2.45, 2.75) is 101 Å². The maximum atomic E-state index is 11.9. The molecule has 3 heterocycles. The van der Waals surface area contributed by atoms with Crippen molar-refractivity contribution in [3.05, 3.63) is 0 Å². The van der Waals surface area contributed by atoms with E-state index in [1.54, 1.807) is 0 Å². The van der Waals surface area contributed by atoms with Crippen LogP contribution in [0.4, 0.5) is 0 Å². The van der Waals surface area contributed by atoms with E-state index in [2.05, 4.69) is 0 Å². The zero-order valence-electron chi connectivity index (χ0n) is 14.2. The molecule has 7 fully saturated rings. The van der Waals surface area contributed by atoms with Crippen molar-refractivity contribution in [2.24, 2.45) is 23.2 Å². The van der Waals surface area contributed by atoms with Crippen LogP contribution in [0.2, 0.25) is 0 Å². The lowest BCUT2D eigenvalue weighted by Crippen LogP contribution is -2.85. The molecule has 7 aliphatic rings. The second-order valence-electron chi connectivity index (χ2n) is 9.60. The standard InChI is InChI=1S/C20H30O3/c21-20-15-8-5-9-17(20)13-16-7-2-4-11-19(16,23-20)22-18(17)10-3-1-6-14(18)12-15/h14-16,21H,1-13H2/t14-,15-,16+,17-,18-,19+,20+/m0/s1. The highest BCUT2D eigenvalue weighted by molar-refractivity contribution is 5.25. The Morgan fingerprint density at radius 3 is 2.43 bits per heavy atom. The molecule has 3 spiro atoms. The fraction of sp³-hybridized carbons (Fsp3) is 1.00. The van der Waals surface area contributed by atoms with Crippen molar-refractivity contribution in [3.63, 3.8) is 0 Å². The minimum atomic E-state index is -0.884. The van der Waals surface area contributed by atoms with Gasteiger partial charge in [-0.25, -0.2) is 0 Å². The molecule has 4 aliphatic carbocycles. The van der Waals surface area contributed by atoms with Crippen LogP contribution in [0.1, 0.15) is 83.5 Å². The van der Waals surface area contributed by atoms with Crippen LogP contribution in [0.25, 0.3) is 0 Å². The first-order valence-electron chi connectivity index (χ1n) is 10.3. The number of ether oxygens (including phenoxy) is 2. The molecule has 1 N–H and O–H groups in total. The summed E-state index contributed by atoms with van der Waals surface area (Å²) in [6.45, 7) is 0. The van der Waals surface area contributed by atoms with Crippen molar-refractivity contribution in [3.8, 4) is 0 Å². The van der Waals surface area contributed by atoms with E-state index in [4.69, 9.17) is 9.47 Å². The molecule has 5 bridgehead atoms. The highest BCUT2D eigenvalue weighted by atomic mass is 16.8. The van der Waals surface area contributed by atoms with E-state index < -0.39 is 11.6 Å². The molecule has 0 aromatic heterocycles. The van der Waals surface area contributed by atoms with E-state index in [0.29, 0.717) is 17.8 Å². The molecule has 0 amide bonds. The van der Waals surface area contributed by atoms with Gasteiger partial charge < -0.3 is 14.6 Å². The Labute approximate surface area is 139 Å².